The van der Waals surface area contributed by atoms with Crippen LogP contribution in [0.4, 0.5) is 11.5 Å². The van der Waals surface area contributed by atoms with Gasteiger partial charge >= 0.3 is 0 Å². The van der Waals surface area contributed by atoms with E-state index in [9.17, 15) is 9.90 Å². The molecule has 172 valence electrons. The Bertz CT molecular complexity index is 1370. The number of morpholine rings is 1. The minimum absolute atomic E-state index is 0.117. The van der Waals surface area contributed by atoms with Crippen molar-refractivity contribution in [2.75, 3.05) is 31.2 Å². The molecule has 0 atom stereocenters. The molecule has 1 fully saturated rings. The number of hydrogen-bond acceptors (Lipinski definition) is 6. The predicted molar refractivity (Wildman–Crippen MR) is 134 cm³/mol. The lowest BCUT2D eigenvalue weighted by Gasteiger charge is -2.27. The molecule has 3 heterocycles. The molecule has 7 heteroatoms. The SMILES string of the molecule is CC(=O)n1c(O)c(C(=Nc2ccc(N3CCOCC3)nc2)c2ccccc2)c2ccc(C)cc21. The molecule has 34 heavy (non-hydrogen) atoms. The molecule has 1 saturated heterocycles. The number of aryl methyl sites for hydroxylation is 1. The number of hydrogen-bond donors (Lipinski definition) is 1. The van der Waals surface area contributed by atoms with Gasteiger partial charge in [0.25, 0.3) is 0 Å². The lowest BCUT2D eigenvalue weighted by atomic mass is 10.0. The predicted octanol–water partition coefficient (Wildman–Crippen LogP) is 4.72. The number of aromatic nitrogens is 2. The second kappa shape index (κ2) is 9.11. The number of ether oxygens (including phenoxy) is 1. The first-order valence-electron chi connectivity index (χ1n) is 11.3. The highest BCUT2D eigenvalue weighted by Gasteiger charge is 2.24. The van der Waals surface area contributed by atoms with E-state index >= 15 is 0 Å². The van der Waals surface area contributed by atoms with Gasteiger partial charge in [0.05, 0.1) is 41.9 Å². The van der Waals surface area contributed by atoms with E-state index in [4.69, 9.17) is 9.73 Å². The standard InChI is InChI=1S/C27H26N4O3/c1-18-8-10-22-23(16-18)31(19(2)32)27(33)25(22)26(20-6-4-3-5-7-20)29-21-9-11-24(28-17-21)30-12-14-34-15-13-30/h3-11,16-17,33H,12-15H2,1-2H3. The zero-order valence-corrected chi connectivity index (χ0v) is 19.2. The topological polar surface area (TPSA) is 80.0 Å². The molecule has 7 nitrogen and oxygen atoms in total. The number of carbonyl (C=O) groups is 1. The van der Waals surface area contributed by atoms with E-state index in [0.717, 1.165) is 35.4 Å². The monoisotopic (exact) mass is 454 g/mol. The Kier molecular flexibility index (Phi) is 5.86. The van der Waals surface area contributed by atoms with Crippen molar-refractivity contribution < 1.29 is 14.6 Å². The molecule has 1 aliphatic rings. The first kappa shape index (κ1) is 21.9. The van der Waals surface area contributed by atoms with Crippen LogP contribution in [0.2, 0.25) is 0 Å². The molecule has 0 spiro atoms. The van der Waals surface area contributed by atoms with Crippen molar-refractivity contribution in [3.8, 4) is 5.88 Å². The van der Waals surface area contributed by atoms with Gasteiger partial charge in [0.1, 0.15) is 5.82 Å². The molecule has 0 unspecified atom stereocenters. The van der Waals surface area contributed by atoms with Crippen molar-refractivity contribution >= 4 is 34.0 Å². The van der Waals surface area contributed by atoms with Gasteiger partial charge in [-0.1, -0.05) is 42.5 Å². The maximum atomic E-state index is 12.4. The van der Waals surface area contributed by atoms with E-state index in [-0.39, 0.29) is 11.8 Å². The number of aliphatic imine (C=N–C) groups is 1. The third kappa shape index (κ3) is 4.06. The maximum absolute atomic E-state index is 12.4. The van der Waals surface area contributed by atoms with E-state index < -0.39 is 0 Å². The molecular formula is C27H26N4O3. The van der Waals surface area contributed by atoms with Crippen LogP contribution in [0.5, 0.6) is 5.88 Å². The van der Waals surface area contributed by atoms with Crippen LogP contribution in [0, 0.1) is 6.92 Å². The number of nitrogens with zero attached hydrogens (tertiary/aromatic N) is 4. The minimum atomic E-state index is -0.261. The number of benzene rings is 2. The number of anilines is 1. The second-order valence-electron chi connectivity index (χ2n) is 8.37. The van der Waals surface area contributed by atoms with Crippen LogP contribution in [-0.2, 0) is 4.74 Å². The average Bonchev–Trinajstić information content (AvgIpc) is 3.15. The minimum Gasteiger partial charge on any atom is -0.494 e. The van der Waals surface area contributed by atoms with E-state index in [1.54, 1.807) is 6.20 Å². The van der Waals surface area contributed by atoms with Gasteiger partial charge in [-0.25, -0.2) is 9.98 Å². The smallest absolute Gasteiger partial charge is 0.230 e. The summed E-state index contributed by atoms with van der Waals surface area (Å²) in [6.07, 6.45) is 1.74. The van der Waals surface area contributed by atoms with Gasteiger partial charge in [0.15, 0.2) is 0 Å². The fourth-order valence-electron chi connectivity index (χ4n) is 4.35. The largest absolute Gasteiger partial charge is 0.494 e. The molecule has 0 saturated carbocycles. The number of aromatic hydroxyl groups is 1. The molecule has 0 bridgehead atoms. The summed E-state index contributed by atoms with van der Waals surface area (Å²) in [5.41, 5.74) is 4.25. The molecule has 0 radical (unpaired) electrons. The van der Waals surface area contributed by atoms with E-state index in [1.165, 1.54) is 11.5 Å². The Hall–Kier alpha value is -3.97. The molecule has 4 aromatic rings. The Morgan fingerprint density at radius 3 is 2.50 bits per heavy atom. The summed E-state index contributed by atoms with van der Waals surface area (Å²) >= 11 is 0. The summed E-state index contributed by atoms with van der Waals surface area (Å²) in [6, 6.07) is 19.3. The fraction of sp³-hybridized carbons (Fsp3) is 0.222. The zero-order valence-electron chi connectivity index (χ0n) is 19.2. The Morgan fingerprint density at radius 2 is 1.82 bits per heavy atom. The maximum Gasteiger partial charge on any atom is 0.230 e. The van der Waals surface area contributed by atoms with Crippen LogP contribution in [0.25, 0.3) is 10.9 Å². The Morgan fingerprint density at radius 1 is 1.06 bits per heavy atom. The number of pyridine rings is 1. The van der Waals surface area contributed by atoms with Crippen LogP contribution in [0.15, 0.2) is 71.9 Å². The van der Waals surface area contributed by atoms with Crippen LogP contribution in [-0.4, -0.2) is 52.6 Å². The molecule has 2 aromatic heterocycles. The van der Waals surface area contributed by atoms with Crippen LogP contribution >= 0.6 is 0 Å². The molecule has 0 amide bonds. The van der Waals surface area contributed by atoms with Crippen molar-refractivity contribution in [2.45, 2.75) is 13.8 Å². The summed E-state index contributed by atoms with van der Waals surface area (Å²) < 4.78 is 6.77. The molecule has 5 rings (SSSR count). The summed E-state index contributed by atoms with van der Waals surface area (Å²) in [7, 11) is 0. The molecule has 1 N–H and O–H groups in total. The van der Waals surface area contributed by atoms with Gasteiger partial charge in [-0.3, -0.25) is 9.36 Å². The highest BCUT2D eigenvalue weighted by molar-refractivity contribution is 6.23. The highest BCUT2D eigenvalue weighted by atomic mass is 16.5. The highest BCUT2D eigenvalue weighted by Crippen LogP contribution is 2.35. The first-order chi connectivity index (χ1) is 16.5. The molecule has 1 aliphatic heterocycles. The summed E-state index contributed by atoms with van der Waals surface area (Å²) in [5, 5.41) is 12.0. The first-order valence-corrected chi connectivity index (χ1v) is 11.3. The van der Waals surface area contributed by atoms with Crippen LogP contribution in [0.1, 0.15) is 28.4 Å². The average molecular weight is 455 g/mol. The quantitative estimate of drug-likeness (QED) is 0.452. The van der Waals surface area contributed by atoms with Crippen molar-refractivity contribution in [1.82, 2.24) is 9.55 Å². The van der Waals surface area contributed by atoms with Gasteiger partial charge in [-0.05, 0) is 30.7 Å². The second-order valence-corrected chi connectivity index (χ2v) is 8.37. The molecular weight excluding hydrogens is 428 g/mol. The van der Waals surface area contributed by atoms with Crippen molar-refractivity contribution in [3.63, 3.8) is 0 Å². The third-order valence-electron chi connectivity index (χ3n) is 6.01. The summed E-state index contributed by atoms with van der Waals surface area (Å²) in [4.78, 5) is 24.2. The zero-order chi connectivity index (χ0) is 23.7. The van der Waals surface area contributed by atoms with Crippen LogP contribution < -0.4 is 4.90 Å². The fourth-order valence-corrected chi connectivity index (χ4v) is 4.35. The van der Waals surface area contributed by atoms with Gasteiger partial charge in [0, 0.05) is 31.0 Å². The van der Waals surface area contributed by atoms with Gasteiger partial charge in [-0.2, -0.15) is 0 Å². The van der Waals surface area contributed by atoms with Crippen molar-refractivity contribution in [2.24, 2.45) is 4.99 Å². The lowest BCUT2D eigenvalue weighted by Crippen LogP contribution is -2.36. The van der Waals surface area contributed by atoms with E-state index in [1.807, 2.05) is 67.6 Å². The van der Waals surface area contributed by atoms with Gasteiger partial charge in [-0.15, -0.1) is 0 Å². The van der Waals surface area contributed by atoms with Crippen molar-refractivity contribution in [1.29, 1.82) is 0 Å². The molecule has 0 aliphatic carbocycles. The third-order valence-corrected chi connectivity index (χ3v) is 6.01. The van der Waals surface area contributed by atoms with E-state index in [0.29, 0.717) is 35.7 Å². The Labute approximate surface area is 198 Å². The number of carbonyl (C=O) groups excluding carboxylic acids is 1. The van der Waals surface area contributed by atoms with Gasteiger partial charge in [0.2, 0.25) is 11.8 Å². The van der Waals surface area contributed by atoms with Crippen LogP contribution in [0.3, 0.4) is 0 Å². The number of fused-ring (bicyclic) bond motifs is 1. The lowest BCUT2D eigenvalue weighted by molar-refractivity contribution is 0.0933. The summed E-state index contributed by atoms with van der Waals surface area (Å²) in [5.74, 6) is 0.506. The van der Waals surface area contributed by atoms with Crippen molar-refractivity contribution in [3.05, 3.63) is 83.6 Å². The number of rotatable bonds is 4. The molecule has 2 aromatic carbocycles. The summed E-state index contributed by atoms with van der Waals surface area (Å²) in [6.45, 7) is 6.41. The normalized spacial score (nSPS) is 14.5. The van der Waals surface area contributed by atoms with Gasteiger partial charge < -0.3 is 14.7 Å². The van der Waals surface area contributed by atoms with E-state index in [2.05, 4.69) is 9.88 Å². The Balaban J connectivity index is 1.67.